The first-order chi connectivity index (χ1) is 7.58. The first-order valence-corrected chi connectivity index (χ1v) is 5.91. The number of thiazole rings is 1. The van der Waals surface area contributed by atoms with Crippen LogP contribution in [0.1, 0.15) is 10.5 Å². The van der Waals surface area contributed by atoms with Crippen LogP contribution in [0.4, 0.5) is 4.39 Å². The fraction of sp³-hybridized carbons (Fsp3) is 0. The summed E-state index contributed by atoms with van der Waals surface area (Å²) < 4.78 is 13.3. The largest absolute Gasteiger partial charge is 0.364 e. The SMILES string of the molecule is NC(=O)c1nc(Br)sc1-c1ccc(F)cc1. The molecule has 0 aliphatic rings. The van der Waals surface area contributed by atoms with Crippen molar-refractivity contribution in [2.24, 2.45) is 5.73 Å². The molecule has 0 fully saturated rings. The van der Waals surface area contributed by atoms with Crippen LogP contribution in [0.5, 0.6) is 0 Å². The number of rotatable bonds is 2. The molecule has 0 saturated heterocycles. The van der Waals surface area contributed by atoms with Gasteiger partial charge in [0.15, 0.2) is 3.92 Å². The molecule has 0 unspecified atom stereocenters. The maximum atomic E-state index is 12.8. The van der Waals surface area contributed by atoms with E-state index in [9.17, 15) is 9.18 Å². The summed E-state index contributed by atoms with van der Waals surface area (Å²) in [7, 11) is 0. The van der Waals surface area contributed by atoms with Gasteiger partial charge in [-0.05, 0) is 33.6 Å². The highest BCUT2D eigenvalue weighted by Crippen LogP contribution is 2.32. The fourth-order valence-electron chi connectivity index (χ4n) is 1.26. The van der Waals surface area contributed by atoms with Crippen LogP contribution in [0.25, 0.3) is 10.4 Å². The summed E-state index contributed by atoms with van der Waals surface area (Å²) in [6, 6.07) is 5.82. The van der Waals surface area contributed by atoms with E-state index in [1.165, 1.54) is 23.5 Å². The van der Waals surface area contributed by atoms with E-state index >= 15 is 0 Å². The van der Waals surface area contributed by atoms with Crippen LogP contribution < -0.4 is 5.73 Å². The molecule has 82 valence electrons. The quantitative estimate of drug-likeness (QED) is 0.927. The molecule has 3 nitrogen and oxygen atoms in total. The Morgan fingerprint density at radius 3 is 2.56 bits per heavy atom. The number of primary amides is 1. The Bertz CT molecular complexity index is 538. The Kier molecular flexibility index (Phi) is 3.02. The van der Waals surface area contributed by atoms with Crippen molar-refractivity contribution in [3.63, 3.8) is 0 Å². The summed E-state index contributed by atoms with van der Waals surface area (Å²) >= 11 is 4.47. The highest BCUT2D eigenvalue weighted by Gasteiger charge is 2.16. The molecule has 1 heterocycles. The lowest BCUT2D eigenvalue weighted by molar-refractivity contribution is 0.0996. The minimum atomic E-state index is -0.596. The van der Waals surface area contributed by atoms with Crippen molar-refractivity contribution in [1.29, 1.82) is 0 Å². The van der Waals surface area contributed by atoms with Crippen LogP contribution in [0, 0.1) is 5.82 Å². The molecule has 0 spiro atoms. The van der Waals surface area contributed by atoms with Crippen molar-refractivity contribution in [2.75, 3.05) is 0 Å². The third-order valence-electron chi connectivity index (χ3n) is 1.94. The fourth-order valence-corrected chi connectivity index (χ4v) is 2.72. The molecular weight excluding hydrogens is 295 g/mol. The lowest BCUT2D eigenvalue weighted by atomic mass is 10.1. The number of nitrogens with two attached hydrogens (primary N) is 1. The van der Waals surface area contributed by atoms with Gasteiger partial charge < -0.3 is 5.73 Å². The predicted molar refractivity (Wildman–Crippen MR) is 63.7 cm³/mol. The molecule has 0 saturated carbocycles. The number of amides is 1. The molecule has 1 amide bonds. The van der Waals surface area contributed by atoms with Gasteiger partial charge in [-0.1, -0.05) is 12.1 Å². The minimum Gasteiger partial charge on any atom is -0.364 e. The Morgan fingerprint density at radius 2 is 2.00 bits per heavy atom. The van der Waals surface area contributed by atoms with E-state index in [4.69, 9.17) is 5.73 Å². The van der Waals surface area contributed by atoms with Crippen molar-refractivity contribution in [3.05, 3.63) is 39.7 Å². The molecule has 0 aliphatic heterocycles. The number of hydrogen-bond donors (Lipinski definition) is 1. The molecule has 0 radical (unpaired) electrons. The van der Waals surface area contributed by atoms with Crippen molar-refractivity contribution in [3.8, 4) is 10.4 Å². The second kappa shape index (κ2) is 4.31. The molecule has 2 aromatic rings. The summed E-state index contributed by atoms with van der Waals surface area (Å²) in [5, 5.41) is 0. The molecule has 0 aliphatic carbocycles. The van der Waals surface area contributed by atoms with E-state index in [1.54, 1.807) is 12.1 Å². The van der Waals surface area contributed by atoms with Gasteiger partial charge in [0.2, 0.25) is 0 Å². The average Bonchev–Trinajstić information content (AvgIpc) is 2.61. The number of benzene rings is 1. The summed E-state index contributed by atoms with van der Waals surface area (Å²) in [4.78, 5) is 15.8. The number of carbonyl (C=O) groups is 1. The lowest BCUT2D eigenvalue weighted by Gasteiger charge is -1.98. The van der Waals surface area contributed by atoms with Gasteiger partial charge in [-0.15, -0.1) is 11.3 Å². The van der Waals surface area contributed by atoms with Crippen LogP contribution in [0.2, 0.25) is 0 Å². The lowest BCUT2D eigenvalue weighted by Crippen LogP contribution is -2.12. The zero-order chi connectivity index (χ0) is 11.7. The van der Waals surface area contributed by atoms with Gasteiger partial charge in [-0.25, -0.2) is 9.37 Å². The summed E-state index contributed by atoms with van der Waals surface area (Å²) in [5.41, 5.74) is 6.12. The van der Waals surface area contributed by atoms with Crippen molar-refractivity contribution < 1.29 is 9.18 Å². The first-order valence-electron chi connectivity index (χ1n) is 4.30. The van der Waals surface area contributed by atoms with E-state index in [1.807, 2.05) is 0 Å². The van der Waals surface area contributed by atoms with Gasteiger partial charge in [0, 0.05) is 0 Å². The van der Waals surface area contributed by atoms with Crippen molar-refractivity contribution in [1.82, 2.24) is 4.98 Å². The van der Waals surface area contributed by atoms with E-state index in [2.05, 4.69) is 20.9 Å². The van der Waals surface area contributed by atoms with Gasteiger partial charge in [0.05, 0.1) is 4.88 Å². The van der Waals surface area contributed by atoms with Gasteiger partial charge in [-0.3, -0.25) is 4.79 Å². The number of carbonyl (C=O) groups excluding carboxylic acids is 1. The monoisotopic (exact) mass is 300 g/mol. The second-order valence-electron chi connectivity index (χ2n) is 3.02. The van der Waals surface area contributed by atoms with Crippen LogP contribution in [0.15, 0.2) is 28.2 Å². The maximum absolute atomic E-state index is 12.8. The molecule has 1 aromatic heterocycles. The summed E-state index contributed by atoms with van der Waals surface area (Å²) in [6.07, 6.45) is 0. The molecule has 1 aromatic carbocycles. The van der Waals surface area contributed by atoms with E-state index < -0.39 is 5.91 Å². The predicted octanol–water partition coefficient (Wildman–Crippen LogP) is 2.81. The van der Waals surface area contributed by atoms with E-state index in [0.29, 0.717) is 8.79 Å². The highest BCUT2D eigenvalue weighted by molar-refractivity contribution is 9.11. The van der Waals surface area contributed by atoms with Gasteiger partial charge in [0.25, 0.3) is 5.91 Å². The molecule has 2 N–H and O–H groups in total. The van der Waals surface area contributed by atoms with E-state index in [0.717, 1.165) is 5.56 Å². The first kappa shape index (κ1) is 11.2. The van der Waals surface area contributed by atoms with Crippen LogP contribution >= 0.6 is 27.3 Å². The Morgan fingerprint density at radius 1 is 1.38 bits per heavy atom. The Labute approximate surface area is 103 Å². The van der Waals surface area contributed by atoms with E-state index in [-0.39, 0.29) is 11.5 Å². The Hall–Kier alpha value is -1.27. The number of halogens is 2. The molecule has 6 heteroatoms. The normalized spacial score (nSPS) is 10.4. The summed E-state index contributed by atoms with van der Waals surface area (Å²) in [6.45, 7) is 0. The molecular formula is C10H6BrFN2OS. The summed E-state index contributed by atoms with van der Waals surface area (Å²) in [5.74, 6) is -0.922. The topological polar surface area (TPSA) is 56.0 Å². The third kappa shape index (κ3) is 2.12. The van der Waals surface area contributed by atoms with Crippen LogP contribution in [-0.4, -0.2) is 10.9 Å². The zero-order valence-corrected chi connectivity index (χ0v) is 10.3. The standard InChI is InChI=1S/C10H6BrFN2OS/c11-10-14-7(9(13)15)8(16-10)5-1-3-6(12)4-2-5/h1-4H,(H2,13,15). The van der Waals surface area contributed by atoms with Gasteiger partial charge >= 0.3 is 0 Å². The van der Waals surface area contributed by atoms with Gasteiger partial charge in [0.1, 0.15) is 11.5 Å². The zero-order valence-electron chi connectivity index (χ0n) is 7.91. The van der Waals surface area contributed by atoms with Crippen LogP contribution in [0.3, 0.4) is 0 Å². The Balaban J connectivity index is 2.55. The molecule has 0 bridgehead atoms. The number of nitrogens with zero attached hydrogens (tertiary/aromatic N) is 1. The molecule has 2 rings (SSSR count). The van der Waals surface area contributed by atoms with Crippen molar-refractivity contribution >= 4 is 33.2 Å². The highest BCUT2D eigenvalue weighted by atomic mass is 79.9. The van der Waals surface area contributed by atoms with Crippen LogP contribution in [-0.2, 0) is 0 Å². The molecule has 16 heavy (non-hydrogen) atoms. The number of hydrogen-bond acceptors (Lipinski definition) is 3. The second-order valence-corrected chi connectivity index (χ2v) is 5.29. The number of aromatic nitrogens is 1. The average molecular weight is 301 g/mol. The minimum absolute atomic E-state index is 0.198. The third-order valence-corrected chi connectivity index (χ3v) is 3.50. The van der Waals surface area contributed by atoms with Crippen molar-refractivity contribution in [2.45, 2.75) is 0 Å². The maximum Gasteiger partial charge on any atom is 0.268 e. The smallest absolute Gasteiger partial charge is 0.268 e. The van der Waals surface area contributed by atoms with Gasteiger partial charge in [-0.2, -0.15) is 0 Å². The molecule has 0 atom stereocenters.